The number of carbonyl (C=O) groups is 1. The molecule has 1 aromatic carbocycles. The molecule has 108 valence electrons. The highest BCUT2D eigenvalue weighted by Crippen LogP contribution is 2.26. The first-order chi connectivity index (χ1) is 9.97. The van der Waals surface area contributed by atoms with Gasteiger partial charge >= 0.3 is 0 Å². The zero-order valence-corrected chi connectivity index (χ0v) is 10.9. The van der Waals surface area contributed by atoms with Gasteiger partial charge in [0.15, 0.2) is 0 Å². The maximum absolute atomic E-state index is 11.0. The van der Waals surface area contributed by atoms with Gasteiger partial charge in [-0.15, -0.1) is 0 Å². The number of rotatable bonds is 5. The van der Waals surface area contributed by atoms with Crippen LogP contribution in [0.4, 0.5) is 11.4 Å². The Morgan fingerprint density at radius 2 is 2.10 bits per heavy atom. The van der Waals surface area contributed by atoms with Gasteiger partial charge in [-0.2, -0.15) is 0 Å². The number of nitrogens with two attached hydrogens (primary N) is 2. The number of aromatic nitrogens is 1. The van der Waals surface area contributed by atoms with E-state index in [-0.39, 0.29) is 23.7 Å². The second-order valence-electron chi connectivity index (χ2n) is 4.18. The number of amides is 1. The van der Waals surface area contributed by atoms with Crippen LogP contribution in [0.1, 0.15) is 16.1 Å². The molecule has 4 N–H and O–H groups in total. The van der Waals surface area contributed by atoms with Crippen molar-refractivity contribution in [2.75, 3.05) is 5.73 Å². The zero-order valence-electron chi connectivity index (χ0n) is 10.9. The lowest BCUT2D eigenvalue weighted by molar-refractivity contribution is -0.384. The summed E-state index contributed by atoms with van der Waals surface area (Å²) in [6.45, 7) is 0.115. The number of nitrogen functional groups attached to an aromatic ring is 1. The van der Waals surface area contributed by atoms with Gasteiger partial charge in [-0.3, -0.25) is 19.9 Å². The number of benzene rings is 1. The van der Waals surface area contributed by atoms with Crippen LogP contribution in [0.3, 0.4) is 0 Å². The van der Waals surface area contributed by atoms with Crippen LogP contribution in [0.5, 0.6) is 5.75 Å². The number of nitro groups is 1. The molecule has 0 atom stereocenters. The topological polar surface area (TPSA) is 134 Å². The first-order valence-electron chi connectivity index (χ1n) is 5.89. The molecule has 1 aromatic heterocycles. The quantitative estimate of drug-likeness (QED) is 0.483. The van der Waals surface area contributed by atoms with Crippen molar-refractivity contribution in [3.05, 3.63) is 57.9 Å². The van der Waals surface area contributed by atoms with Crippen molar-refractivity contribution < 1.29 is 14.5 Å². The van der Waals surface area contributed by atoms with Crippen molar-refractivity contribution in [2.45, 2.75) is 6.61 Å². The maximum Gasteiger partial charge on any atom is 0.295 e. The Morgan fingerprint density at radius 3 is 2.76 bits per heavy atom. The Morgan fingerprint density at radius 1 is 1.33 bits per heavy atom. The van der Waals surface area contributed by atoms with E-state index < -0.39 is 10.8 Å². The molecular weight excluding hydrogens is 276 g/mol. The number of anilines is 1. The summed E-state index contributed by atoms with van der Waals surface area (Å²) in [5, 5.41) is 10.8. The van der Waals surface area contributed by atoms with Gasteiger partial charge in [-0.25, -0.2) is 0 Å². The van der Waals surface area contributed by atoms with E-state index in [1.165, 1.54) is 30.5 Å². The molecule has 8 nitrogen and oxygen atoms in total. The minimum absolute atomic E-state index is 0.0623. The highest BCUT2D eigenvalue weighted by Gasteiger charge is 2.12. The van der Waals surface area contributed by atoms with Crippen LogP contribution >= 0.6 is 0 Å². The number of primary amides is 1. The average Bonchev–Trinajstić information content (AvgIpc) is 2.46. The molecule has 0 radical (unpaired) electrons. The second-order valence-corrected chi connectivity index (χ2v) is 4.18. The Hall–Kier alpha value is -3.16. The third-order valence-electron chi connectivity index (χ3n) is 2.68. The van der Waals surface area contributed by atoms with Crippen molar-refractivity contribution >= 4 is 17.3 Å². The maximum atomic E-state index is 11.0. The summed E-state index contributed by atoms with van der Waals surface area (Å²) in [5.41, 5.74) is 11.3. The number of hydrogen-bond donors (Lipinski definition) is 2. The van der Waals surface area contributed by atoms with Crippen LogP contribution in [0.2, 0.25) is 0 Å². The summed E-state index contributed by atoms with van der Waals surface area (Å²) in [5.74, 6) is -0.340. The number of hydrogen-bond acceptors (Lipinski definition) is 6. The van der Waals surface area contributed by atoms with Crippen molar-refractivity contribution in [2.24, 2.45) is 5.73 Å². The summed E-state index contributed by atoms with van der Waals surface area (Å²) in [7, 11) is 0. The lowest BCUT2D eigenvalue weighted by atomic mass is 10.2. The number of pyridine rings is 1. The molecule has 0 spiro atoms. The van der Waals surface area contributed by atoms with E-state index in [0.29, 0.717) is 11.3 Å². The normalized spacial score (nSPS) is 10.1. The lowest BCUT2D eigenvalue weighted by Crippen LogP contribution is -2.13. The number of carbonyl (C=O) groups excluding carboxylic acids is 1. The SMILES string of the molecule is NC(=O)c1cc(COc2ccc(N)c([N+](=O)[O-])c2)ccn1. The third-order valence-corrected chi connectivity index (χ3v) is 2.68. The first-order valence-corrected chi connectivity index (χ1v) is 5.89. The van der Waals surface area contributed by atoms with Crippen LogP contribution in [0, 0.1) is 10.1 Å². The van der Waals surface area contributed by atoms with Crippen LogP contribution in [0.15, 0.2) is 36.5 Å². The van der Waals surface area contributed by atoms with Crippen molar-refractivity contribution in [3.8, 4) is 5.75 Å². The van der Waals surface area contributed by atoms with Gasteiger partial charge in [0.2, 0.25) is 0 Å². The van der Waals surface area contributed by atoms with E-state index in [0.717, 1.165) is 0 Å². The van der Waals surface area contributed by atoms with Gasteiger partial charge in [-0.05, 0) is 29.8 Å². The second kappa shape index (κ2) is 5.87. The van der Waals surface area contributed by atoms with Crippen LogP contribution in [-0.4, -0.2) is 15.8 Å². The van der Waals surface area contributed by atoms with Gasteiger partial charge in [0.1, 0.15) is 23.7 Å². The van der Waals surface area contributed by atoms with Crippen molar-refractivity contribution in [1.82, 2.24) is 4.98 Å². The molecule has 2 aromatic rings. The molecule has 0 unspecified atom stereocenters. The minimum atomic E-state index is -0.639. The van der Waals surface area contributed by atoms with Gasteiger partial charge in [-0.1, -0.05) is 0 Å². The molecule has 0 aliphatic rings. The smallest absolute Gasteiger partial charge is 0.295 e. The number of ether oxygens (including phenoxy) is 1. The largest absolute Gasteiger partial charge is 0.489 e. The molecule has 0 saturated heterocycles. The summed E-state index contributed by atoms with van der Waals surface area (Å²) in [4.78, 5) is 25.0. The summed E-state index contributed by atoms with van der Waals surface area (Å²) in [6.07, 6.45) is 1.43. The fourth-order valence-corrected chi connectivity index (χ4v) is 1.64. The van der Waals surface area contributed by atoms with Crippen LogP contribution in [-0.2, 0) is 6.61 Å². The summed E-state index contributed by atoms with van der Waals surface area (Å²) >= 11 is 0. The standard InChI is InChI=1S/C13H12N4O4/c14-10-2-1-9(6-12(10)17(19)20)21-7-8-3-4-16-11(5-8)13(15)18/h1-6H,7,14H2,(H2,15,18). The van der Waals surface area contributed by atoms with Gasteiger partial charge in [0, 0.05) is 6.20 Å². The molecule has 2 rings (SSSR count). The van der Waals surface area contributed by atoms with Gasteiger partial charge < -0.3 is 16.2 Å². The fourth-order valence-electron chi connectivity index (χ4n) is 1.64. The van der Waals surface area contributed by atoms with E-state index >= 15 is 0 Å². The van der Waals surface area contributed by atoms with Crippen LogP contribution < -0.4 is 16.2 Å². The lowest BCUT2D eigenvalue weighted by Gasteiger charge is -2.07. The molecular formula is C13H12N4O4. The predicted molar refractivity (Wildman–Crippen MR) is 74.6 cm³/mol. The Labute approximate surface area is 119 Å². The molecule has 8 heteroatoms. The molecule has 21 heavy (non-hydrogen) atoms. The Balaban J connectivity index is 2.13. The molecule has 0 bridgehead atoms. The van der Waals surface area contributed by atoms with E-state index in [2.05, 4.69) is 4.98 Å². The van der Waals surface area contributed by atoms with Crippen LogP contribution in [0.25, 0.3) is 0 Å². The molecule has 0 saturated carbocycles. The highest BCUT2D eigenvalue weighted by molar-refractivity contribution is 5.90. The van der Waals surface area contributed by atoms with E-state index in [1.807, 2.05) is 0 Å². The van der Waals surface area contributed by atoms with E-state index in [1.54, 1.807) is 6.07 Å². The van der Waals surface area contributed by atoms with Gasteiger partial charge in [0.25, 0.3) is 11.6 Å². The monoisotopic (exact) mass is 288 g/mol. The third kappa shape index (κ3) is 3.44. The minimum Gasteiger partial charge on any atom is -0.489 e. The molecule has 0 aliphatic heterocycles. The number of nitro benzene ring substituents is 1. The zero-order chi connectivity index (χ0) is 15.4. The van der Waals surface area contributed by atoms with Crippen molar-refractivity contribution in [1.29, 1.82) is 0 Å². The molecule has 0 fully saturated rings. The average molecular weight is 288 g/mol. The Kier molecular flexibility index (Phi) is 3.98. The first kappa shape index (κ1) is 14.3. The predicted octanol–water partition coefficient (Wildman–Crippen LogP) is 1.25. The van der Waals surface area contributed by atoms with Gasteiger partial charge in [0.05, 0.1) is 11.0 Å². The summed E-state index contributed by atoms with van der Waals surface area (Å²) in [6, 6.07) is 7.31. The molecule has 1 amide bonds. The van der Waals surface area contributed by atoms with E-state index in [9.17, 15) is 14.9 Å². The molecule has 1 heterocycles. The number of nitrogens with zero attached hydrogens (tertiary/aromatic N) is 2. The summed E-state index contributed by atoms with van der Waals surface area (Å²) < 4.78 is 5.43. The van der Waals surface area contributed by atoms with Crippen molar-refractivity contribution in [3.63, 3.8) is 0 Å². The van der Waals surface area contributed by atoms with E-state index in [4.69, 9.17) is 16.2 Å². The highest BCUT2D eigenvalue weighted by atomic mass is 16.6. The Bertz CT molecular complexity index is 702. The fraction of sp³-hybridized carbons (Fsp3) is 0.0769. The molecule has 0 aliphatic carbocycles.